The summed E-state index contributed by atoms with van der Waals surface area (Å²) in [5.74, 6) is -3.15. The molecule has 184 valence electrons. The number of carbonyl (C=O) groups excluding carboxylic acids is 1. The van der Waals surface area contributed by atoms with E-state index in [1.54, 1.807) is 31.1 Å². The molecule has 0 radical (unpaired) electrons. The predicted octanol–water partition coefficient (Wildman–Crippen LogP) is 4.96. The monoisotopic (exact) mass is 475 g/mol. The van der Waals surface area contributed by atoms with Crippen molar-refractivity contribution >= 4 is 17.5 Å². The van der Waals surface area contributed by atoms with Crippen molar-refractivity contribution in [3.63, 3.8) is 0 Å². The number of rotatable bonds is 9. The Morgan fingerprint density at radius 2 is 1.79 bits per heavy atom. The first-order valence-corrected chi connectivity index (χ1v) is 11.8. The fourth-order valence-corrected chi connectivity index (χ4v) is 4.79. The molecule has 0 bridgehead atoms. The lowest BCUT2D eigenvalue weighted by Gasteiger charge is -2.31. The highest BCUT2D eigenvalue weighted by Gasteiger charge is 2.42. The topological polar surface area (TPSA) is 61.4 Å². The molecule has 34 heavy (non-hydrogen) atoms. The number of nitrogens with one attached hydrogen (secondary N) is 1. The van der Waals surface area contributed by atoms with Crippen molar-refractivity contribution in [1.82, 2.24) is 14.9 Å². The molecule has 0 atom stereocenters. The van der Waals surface area contributed by atoms with E-state index in [2.05, 4.69) is 15.3 Å². The van der Waals surface area contributed by atoms with Gasteiger partial charge >= 0.3 is 0 Å². The number of nitrogens with zero attached hydrogens (tertiary/aromatic N) is 4. The Kier molecular flexibility index (Phi) is 6.73. The Balaban J connectivity index is 1.53. The van der Waals surface area contributed by atoms with Gasteiger partial charge in [0.1, 0.15) is 6.33 Å². The molecule has 1 N–H and O–H groups in total. The van der Waals surface area contributed by atoms with Crippen LogP contribution in [0, 0.1) is 11.2 Å². The zero-order valence-corrected chi connectivity index (χ0v) is 20.0. The lowest BCUT2D eigenvalue weighted by atomic mass is 9.84. The molecule has 2 aliphatic carbocycles. The maximum absolute atomic E-state index is 15.6. The number of anilines is 2. The van der Waals surface area contributed by atoms with Gasteiger partial charge in [0.25, 0.3) is 5.92 Å². The SMILES string of the molecule is CN(C)C(=O)C1(CNc2ncnc(N(Cc3ccc(C(C)(F)F)cc3)C3CC3)c2F)CCCC1. The fourth-order valence-electron chi connectivity index (χ4n) is 4.79. The van der Waals surface area contributed by atoms with Gasteiger partial charge in [-0.05, 0) is 31.2 Å². The number of benzene rings is 1. The van der Waals surface area contributed by atoms with Crippen molar-refractivity contribution in [2.45, 2.75) is 64.0 Å². The molecule has 1 aromatic carbocycles. The maximum atomic E-state index is 15.6. The first-order valence-electron chi connectivity index (χ1n) is 11.8. The van der Waals surface area contributed by atoms with Crippen LogP contribution in [0.3, 0.4) is 0 Å². The van der Waals surface area contributed by atoms with Crippen LogP contribution < -0.4 is 10.2 Å². The molecule has 2 aromatic rings. The zero-order chi connectivity index (χ0) is 24.5. The highest BCUT2D eigenvalue weighted by molar-refractivity contribution is 5.83. The smallest absolute Gasteiger partial charge is 0.270 e. The molecule has 2 fully saturated rings. The summed E-state index contributed by atoms with van der Waals surface area (Å²) in [7, 11) is 3.49. The molecular weight excluding hydrogens is 443 g/mol. The average molecular weight is 476 g/mol. The molecule has 6 nitrogen and oxygen atoms in total. The van der Waals surface area contributed by atoms with Crippen LogP contribution in [0.25, 0.3) is 0 Å². The normalized spacial score (nSPS) is 17.5. The van der Waals surface area contributed by atoms with Crippen molar-refractivity contribution in [3.8, 4) is 0 Å². The van der Waals surface area contributed by atoms with Gasteiger partial charge in [0.2, 0.25) is 11.7 Å². The largest absolute Gasteiger partial charge is 0.366 e. The number of aromatic nitrogens is 2. The highest BCUT2D eigenvalue weighted by Crippen LogP contribution is 2.40. The Morgan fingerprint density at radius 3 is 2.35 bits per heavy atom. The van der Waals surface area contributed by atoms with E-state index in [-0.39, 0.29) is 29.1 Å². The minimum atomic E-state index is -2.90. The van der Waals surface area contributed by atoms with Gasteiger partial charge in [0.05, 0.1) is 5.41 Å². The Morgan fingerprint density at radius 1 is 1.15 bits per heavy atom. The maximum Gasteiger partial charge on any atom is 0.270 e. The number of amides is 1. The van der Waals surface area contributed by atoms with Crippen LogP contribution in [-0.4, -0.2) is 47.5 Å². The number of hydrogen-bond donors (Lipinski definition) is 1. The van der Waals surface area contributed by atoms with E-state index < -0.39 is 17.2 Å². The van der Waals surface area contributed by atoms with E-state index in [0.717, 1.165) is 51.0 Å². The zero-order valence-electron chi connectivity index (χ0n) is 20.0. The molecule has 1 amide bonds. The van der Waals surface area contributed by atoms with Crippen molar-refractivity contribution in [3.05, 3.63) is 47.5 Å². The molecular formula is C25H32F3N5O. The summed E-state index contributed by atoms with van der Waals surface area (Å²) in [5, 5.41) is 3.09. The third-order valence-corrected chi connectivity index (χ3v) is 6.86. The standard InChI is InChI=1S/C25H32F3N5O/c1-24(27,28)18-8-6-17(7-9-18)14-33(19-10-11-19)22-20(26)21(30-16-31-22)29-15-25(12-4-5-13-25)23(34)32(2)3/h6-9,16,19H,4-5,10-15H2,1-3H3,(H,29,30,31). The van der Waals surface area contributed by atoms with Crippen LogP contribution in [-0.2, 0) is 17.3 Å². The predicted molar refractivity (Wildman–Crippen MR) is 125 cm³/mol. The van der Waals surface area contributed by atoms with Crippen molar-refractivity contribution < 1.29 is 18.0 Å². The molecule has 2 saturated carbocycles. The van der Waals surface area contributed by atoms with Crippen LogP contribution in [0.4, 0.5) is 24.8 Å². The van der Waals surface area contributed by atoms with Crippen molar-refractivity contribution in [2.75, 3.05) is 30.9 Å². The summed E-state index contributed by atoms with van der Waals surface area (Å²) in [6, 6.07) is 6.26. The van der Waals surface area contributed by atoms with E-state index >= 15 is 4.39 Å². The van der Waals surface area contributed by atoms with Crippen LogP contribution in [0.1, 0.15) is 56.6 Å². The summed E-state index contributed by atoms with van der Waals surface area (Å²) in [6.07, 6.45) is 6.62. The van der Waals surface area contributed by atoms with Gasteiger partial charge in [-0.15, -0.1) is 0 Å². The summed E-state index contributed by atoms with van der Waals surface area (Å²) < 4.78 is 42.7. The van der Waals surface area contributed by atoms with Gasteiger partial charge in [-0.3, -0.25) is 4.79 Å². The lowest BCUT2D eigenvalue weighted by molar-refractivity contribution is -0.138. The molecule has 0 aliphatic heterocycles. The molecule has 0 spiro atoms. The summed E-state index contributed by atoms with van der Waals surface area (Å²) in [4.78, 5) is 24.6. The summed E-state index contributed by atoms with van der Waals surface area (Å²) in [5.41, 5.74) is 0.191. The van der Waals surface area contributed by atoms with Crippen LogP contribution in [0.15, 0.2) is 30.6 Å². The van der Waals surface area contributed by atoms with Gasteiger partial charge in [0.15, 0.2) is 11.6 Å². The summed E-state index contributed by atoms with van der Waals surface area (Å²) >= 11 is 0. The second-order valence-electron chi connectivity index (χ2n) is 9.84. The van der Waals surface area contributed by atoms with E-state index in [1.165, 1.54) is 18.5 Å². The number of alkyl halides is 2. The van der Waals surface area contributed by atoms with E-state index in [1.807, 2.05) is 4.90 Å². The Labute approximate surface area is 198 Å². The van der Waals surface area contributed by atoms with Crippen LogP contribution in [0.2, 0.25) is 0 Å². The first kappa shape index (κ1) is 24.3. The first-order chi connectivity index (χ1) is 16.1. The summed E-state index contributed by atoms with van der Waals surface area (Å²) in [6.45, 7) is 1.54. The number of halogens is 3. The van der Waals surface area contributed by atoms with Gasteiger partial charge in [-0.25, -0.2) is 18.7 Å². The molecule has 9 heteroatoms. The Bertz CT molecular complexity index is 1010. The third kappa shape index (κ3) is 5.13. The van der Waals surface area contributed by atoms with Crippen molar-refractivity contribution in [1.29, 1.82) is 0 Å². The molecule has 2 aliphatic rings. The average Bonchev–Trinajstić information content (AvgIpc) is 3.53. The Hall–Kier alpha value is -2.84. The highest BCUT2D eigenvalue weighted by atomic mass is 19.3. The minimum Gasteiger partial charge on any atom is -0.366 e. The lowest BCUT2D eigenvalue weighted by Crippen LogP contribution is -2.43. The van der Waals surface area contributed by atoms with E-state index in [4.69, 9.17) is 0 Å². The molecule has 0 saturated heterocycles. The fraction of sp³-hybridized carbons (Fsp3) is 0.560. The molecule has 1 aromatic heterocycles. The van der Waals surface area contributed by atoms with Gasteiger partial charge in [-0.2, -0.15) is 4.39 Å². The third-order valence-electron chi connectivity index (χ3n) is 6.86. The molecule has 1 heterocycles. The van der Waals surface area contributed by atoms with Gasteiger partial charge in [-0.1, -0.05) is 37.1 Å². The van der Waals surface area contributed by atoms with E-state index in [0.29, 0.717) is 13.1 Å². The minimum absolute atomic E-state index is 0.0490. The van der Waals surface area contributed by atoms with Crippen LogP contribution in [0.5, 0.6) is 0 Å². The molecule has 4 rings (SSSR count). The van der Waals surface area contributed by atoms with E-state index in [9.17, 15) is 13.6 Å². The van der Waals surface area contributed by atoms with Gasteiger partial charge < -0.3 is 15.1 Å². The quantitative estimate of drug-likeness (QED) is 0.556. The van der Waals surface area contributed by atoms with Gasteiger partial charge in [0, 0.05) is 45.7 Å². The second-order valence-corrected chi connectivity index (χ2v) is 9.84. The van der Waals surface area contributed by atoms with Crippen molar-refractivity contribution in [2.24, 2.45) is 5.41 Å². The number of carbonyl (C=O) groups is 1. The molecule has 0 unspecified atom stereocenters. The number of hydrogen-bond acceptors (Lipinski definition) is 5. The van der Waals surface area contributed by atoms with Crippen LogP contribution >= 0.6 is 0 Å². The second kappa shape index (κ2) is 9.43.